The minimum absolute atomic E-state index is 0.223. The van der Waals surface area contributed by atoms with Gasteiger partial charge in [0.05, 0.1) is 6.10 Å². The normalized spacial score (nSPS) is 13.7. The summed E-state index contributed by atoms with van der Waals surface area (Å²) in [6, 6.07) is 0. The third-order valence-electron chi connectivity index (χ3n) is 2.64. The van der Waals surface area contributed by atoms with Gasteiger partial charge in [-0.15, -0.1) is 0 Å². The molecule has 98 valence electrons. The molecule has 0 saturated heterocycles. The molecule has 0 aromatic rings. The van der Waals surface area contributed by atoms with Gasteiger partial charge in [-0.05, 0) is 54.0 Å². The van der Waals surface area contributed by atoms with Crippen LogP contribution >= 0.6 is 0 Å². The molecule has 1 unspecified atom stereocenters. The lowest BCUT2D eigenvalue weighted by Crippen LogP contribution is -2.31. The van der Waals surface area contributed by atoms with Crippen molar-refractivity contribution in [2.75, 3.05) is 53.9 Å². The molecule has 0 aromatic carbocycles. The third-order valence-corrected chi connectivity index (χ3v) is 2.64. The summed E-state index contributed by atoms with van der Waals surface area (Å²) in [6.07, 6.45) is 2.47. The molecular formula is C12H29N3O. The summed E-state index contributed by atoms with van der Waals surface area (Å²) < 4.78 is 5.52. The fourth-order valence-electron chi connectivity index (χ4n) is 1.64. The van der Waals surface area contributed by atoms with Crippen LogP contribution in [0.3, 0.4) is 0 Å². The topological polar surface area (TPSA) is 41.7 Å². The number of hydrogen-bond acceptors (Lipinski definition) is 4. The van der Waals surface area contributed by atoms with Gasteiger partial charge in [-0.2, -0.15) is 0 Å². The van der Waals surface area contributed by atoms with Crippen LogP contribution in [-0.4, -0.2) is 69.8 Å². The summed E-state index contributed by atoms with van der Waals surface area (Å²) in [4.78, 5) is 4.57. The van der Waals surface area contributed by atoms with Crippen LogP contribution in [0, 0.1) is 0 Å². The van der Waals surface area contributed by atoms with Crippen molar-refractivity contribution in [3.8, 4) is 0 Å². The Hall–Kier alpha value is -0.160. The van der Waals surface area contributed by atoms with Gasteiger partial charge in [0.25, 0.3) is 0 Å². The lowest BCUT2D eigenvalue weighted by atomic mass is 10.2. The van der Waals surface area contributed by atoms with E-state index >= 15 is 0 Å². The van der Waals surface area contributed by atoms with Crippen molar-refractivity contribution < 1.29 is 4.74 Å². The van der Waals surface area contributed by atoms with Crippen molar-refractivity contribution in [2.45, 2.75) is 25.9 Å². The molecule has 4 nitrogen and oxygen atoms in total. The highest BCUT2D eigenvalue weighted by Gasteiger charge is 2.07. The molecule has 4 heteroatoms. The molecule has 0 rings (SSSR count). The maximum atomic E-state index is 5.63. The number of hydrogen-bond donors (Lipinski definition) is 1. The Morgan fingerprint density at radius 1 is 1.12 bits per heavy atom. The Kier molecular flexibility index (Phi) is 9.92. The molecular weight excluding hydrogens is 202 g/mol. The molecule has 1 atom stereocenters. The van der Waals surface area contributed by atoms with E-state index < -0.39 is 0 Å². The van der Waals surface area contributed by atoms with Crippen LogP contribution in [0.4, 0.5) is 0 Å². The maximum absolute atomic E-state index is 5.63. The molecule has 0 aliphatic heterocycles. The van der Waals surface area contributed by atoms with Crippen LogP contribution in [0.2, 0.25) is 0 Å². The van der Waals surface area contributed by atoms with E-state index in [1.807, 2.05) is 6.92 Å². The van der Waals surface area contributed by atoms with E-state index in [-0.39, 0.29) is 6.10 Å². The molecule has 0 bridgehead atoms. The predicted molar refractivity (Wildman–Crippen MR) is 69.8 cm³/mol. The molecule has 0 fully saturated rings. The van der Waals surface area contributed by atoms with Crippen molar-refractivity contribution >= 4 is 0 Å². The Morgan fingerprint density at radius 2 is 1.81 bits per heavy atom. The van der Waals surface area contributed by atoms with E-state index in [1.165, 1.54) is 6.42 Å². The molecule has 0 amide bonds. The first-order valence-corrected chi connectivity index (χ1v) is 6.25. The lowest BCUT2D eigenvalue weighted by Gasteiger charge is -2.21. The Balaban J connectivity index is 3.50. The summed E-state index contributed by atoms with van der Waals surface area (Å²) >= 11 is 0. The predicted octanol–water partition coefficient (Wildman–Crippen LogP) is 0.624. The molecule has 0 aliphatic rings. The highest BCUT2D eigenvalue weighted by Crippen LogP contribution is 1.99. The summed E-state index contributed by atoms with van der Waals surface area (Å²) in [5.41, 5.74) is 5.63. The molecule has 0 heterocycles. The minimum Gasteiger partial charge on any atom is -0.377 e. The van der Waals surface area contributed by atoms with Gasteiger partial charge in [0.15, 0.2) is 0 Å². The van der Waals surface area contributed by atoms with Crippen LogP contribution in [0.15, 0.2) is 0 Å². The summed E-state index contributed by atoms with van der Waals surface area (Å²) in [5.74, 6) is 0. The number of rotatable bonds is 10. The second-order valence-electron chi connectivity index (χ2n) is 4.56. The number of ether oxygens (including phenoxy) is 1. The van der Waals surface area contributed by atoms with Gasteiger partial charge in [-0.1, -0.05) is 0 Å². The van der Waals surface area contributed by atoms with Crippen LogP contribution in [0.1, 0.15) is 19.8 Å². The van der Waals surface area contributed by atoms with Crippen molar-refractivity contribution in [1.29, 1.82) is 0 Å². The van der Waals surface area contributed by atoms with Crippen molar-refractivity contribution in [3.63, 3.8) is 0 Å². The minimum atomic E-state index is 0.223. The van der Waals surface area contributed by atoms with Gasteiger partial charge in [0, 0.05) is 19.7 Å². The Bertz CT molecular complexity index is 153. The molecule has 0 saturated carbocycles. The first-order valence-electron chi connectivity index (χ1n) is 6.25. The van der Waals surface area contributed by atoms with E-state index in [4.69, 9.17) is 10.5 Å². The monoisotopic (exact) mass is 231 g/mol. The zero-order valence-corrected chi connectivity index (χ0v) is 11.4. The number of nitrogens with two attached hydrogens (primary N) is 1. The van der Waals surface area contributed by atoms with Gasteiger partial charge in [-0.25, -0.2) is 0 Å². The Labute approximate surface area is 101 Å². The highest BCUT2D eigenvalue weighted by atomic mass is 16.5. The first kappa shape index (κ1) is 15.8. The fraction of sp³-hybridized carbons (Fsp3) is 1.00. The second-order valence-corrected chi connectivity index (χ2v) is 4.56. The lowest BCUT2D eigenvalue weighted by molar-refractivity contribution is 0.0562. The van der Waals surface area contributed by atoms with Crippen molar-refractivity contribution in [2.24, 2.45) is 5.73 Å². The van der Waals surface area contributed by atoms with Gasteiger partial charge >= 0.3 is 0 Å². The van der Waals surface area contributed by atoms with Crippen LogP contribution in [0.5, 0.6) is 0 Å². The fourth-order valence-corrected chi connectivity index (χ4v) is 1.64. The summed E-state index contributed by atoms with van der Waals surface area (Å²) in [5, 5.41) is 0. The quantitative estimate of drug-likeness (QED) is 0.598. The second kappa shape index (κ2) is 10.0. The first-order chi connectivity index (χ1) is 7.60. The molecule has 0 aromatic heterocycles. The average molecular weight is 231 g/mol. The van der Waals surface area contributed by atoms with E-state index in [1.54, 1.807) is 0 Å². The molecule has 16 heavy (non-hydrogen) atoms. The highest BCUT2D eigenvalue weighted by molar-refractivity contribution is 4.62. The Morgan fingerprint density at radius 3 is 2.31 bits per heavy atom. The van der Waals surface area contributed by atoms with E-state index in [0.29, 0.717) is 6.54 Å². The smallest absolute Gasteiger partial charge is 0.0709 e. The average Bonchev–Trinajstić information content (AvgIpc) is 2.23. The third kappa shape index (κ3) is 9.09. The molecule has 0 aliphatic carbocycles. The van der Waals surface area contributed by atoms with Gasteiger partial charge < -0.3 is 20.3 Å². The van der Waals surface area contributed by atoms with Gasteiger partial charge in [0.2, 0.25) is 0 Å². The van der Waals surface area contributed by atoms with Crippen molar-refractivity contribution in [3.05, 3.63) is 0 Å². The zero-order valence-electron chi connectivity index (χ0n) is 11.4. The van der Waals surface area contributed by atoms with Crippen LogP contribution in [0.25, 0.3) is 0 Å². The van der Waals surface area contributed by atoms with Crippen molar-refractivity contribution in [1.82, 2.24) is 9.80 Å². The summed E-state index contributed by atoms with van der Waals surface area (Å²) in [7, 11) is 6.38. The SMILES string of the molecule is CCOC(CN)CCN(C)CCCN(C)C. The van der Waals surface area contributed by atoms with Crippen LogP contribution < -0.4 is 5.73 Å². The molecule has 0 spiro atoms. The summed E-state index contributed by atoms with van der Waals surface area (Å²) in [6.45, 7) is 6.75. The van der Waals surface area contributed by atoms with Crippen LogP contribution in [-0.2, 0) is 4.74 Å². The molecule has 0 radical (unpaired) electrons. The van der Waals surface area contributed by atoms with Gasteiger partial charge in [0.1, 0.15) is 0 Å². The van der Waals surface area contributed by atoms with E-state index in [2.05, 4.69) is 30.9 Å². The van der Waals surface area contributed by atoms with E-state index in [0.717, 1.165) is 32.7 Å². The maximum Gasteiger partial charge on any atom is 0.0709 e. The zero-order chi connectivity index (χ0) is 12.4. The molecule has 2 N–H and O–H groups in total. The number of nitrogens with zero attached hydrogens (tertiary/aromatic N) is 2. The van der Waals surface area contributed by atoms with Gasteiger partial charge in [-0.3, -0.25) is 0 Å². The largest absolute Gasteiger partial charge is 0.377 e. The van der Waals surface area contributed by atoms with E-state index in [9.17, 15) is 0 Å². The standard InChI is InChI=1S/C12H29N3O/c1-5-16-12(11-13)7-10-15(4)9-6-8-14(2)3/h12H,5-11,13H2,1-4H3.